The number of nitrogens with zero attached hydrogens (tertiary/aromatic N) is 1. The third-order valence-corrected chi connectivity index (χ3v) is 5.18. The SMILES string of the molecule is CO[C@H]1CCN2O[C@]34C=C[C@H](O)C[C@]3(OC(=O)C4)[C@@H]2C1. The summed E-state index contributed by atoms with van der Waals surface area (Å²) in [5.41, 5.74) is -1.51. The Labute approximate surface area is 117 Å². The highest BCUT2D eigenvalue weighted by molar-refractivity contribution is 5.76. The fourth-order valence-corrected chi connectivity index (χ4v) is 4.24. The Bertz CT molecular complexity index is 480. The van der Waals surface area contributed by atoms with E-state index in [4.69, 9.17) is 14.3 Å². The standard InChI is InChI=1S/C14H19NO5/c1-18-10-3-5-15-11(6-10)14-7-9(16)2-4-13(14,20-15)8-12(17)19-14/h2,4,9-11,16H,3,5-8H2,1H3/t9-,10-,11-,13-,14-/m0/s1. The molecule has 4 rings (SSSR count). The largest absolute Gasteiger partial charge is 0.454 e. The van der Waals surface area contributed by atoms with Gasteiger partial charge in [-0.05, 0) is 18.9 Å². The lowest BCUT2D eigenvalue weighted by Crippen LogP contribution is -2.58. The van der Waals surface area contributed by atoms with Crippen LogP contribution in [-0.4, -0.2) is 59.2 Å². The van der Waals surface area contributed by atoms with Gasteiger partial charge in [0.15, 0.2) is 11.2 Å². The molecule has 1 aliphatic carbocycles. The predicted molar refractivity (Wildman–Crippen MR) is 67.5 cm³/mol. The Balaban J connectivity index is 1.76. The molecule has 3 heterocycles. The monoisotopic (exact) mass is 281 g/mol. The summed E-state index contributed by atoms with van der Waals surface area (Å²) in [6.45, 7) is 0.758. The Kier molecular flexibility index (Phi) is 2.58. The third kappa shape index (κ3) is 1.45. The van der Waals surface area contributed by atoms with Crippen LogP contribution in [0.1, 0.15) is 25.7 Å². The summed E-state index contributed by atoms with van der Waals surface area (Å²) in [4.78, 5) is 18.0. The van der Waals surface area contributed by atoms with Gasteiger partial charge in [-0.25, -0.2) is 0 Å². The van der Waals surface area contributed by atoms with E-state index in [1.165, 1.54) is 0 Å². The van der Waals surface area contributed by atoms with Crippen LogP contribution in [-0.2, 0) is 19.1 Å². The fraction of sp³-hybridized carbons (Fsp3) is 0.786. The van der Waals surface area contributed by atoms with E-state index in [2.05, 4.69) is 0 Å². The van der Waals surface area contributed by atoms with Crippen molar-refractivity contribution in [2.24, 2.45) is 0 Å². The molecular formula is C14H19NO5. The van der Waals surface area contributed by atoms with Crippen molar-refractivity contribution in [3.05, 3.63) is 12.2 Å². The van der Waals surface area contributed by atoms with Crippen molar-refractivity contribution in [2.75, 3.05) is 13.7 Å². The van der Waals surface area contributed by atoms with Crippen LogP contribution in [0.15, 0.2) is 12.2 Å². The molecule has 6 nitrogen and oxygen atoms in total. The maximum absolute atomic E-state index is 11.9. The van der Waals surface area contributed by atoms with E-state index in [0.29, 0.717) is 6.42 Å². The van der Waals surface area contributed by atoms with Gasteiger partial charge in [0.2, 0.25) is 0 Å². The summed E-state index contributed by atoms with van der Waals surface area (Å²) in [7, 11) is 1.71. The summed E-state index contributed by atoms with van der Waals surface area (Å²) in [5.74, 6) is -0.247. The number of aliphatic hydroxyl groups excluding tert-OH is 1. The Morgan fingerprint density at radius 2 is 2.40 bits per heavy atom. The molecule has 0 saturated carbocycles. The van der Waals surface area contributed by atoms with Crippen molar-refractivity contribution in [1.82, 2.24) is 5.06 Å². The van der Waals surface area contributed by atoms with Crippen molar-refractivity contribution in [1.29, 1.82) is 0 Å². The van der Waals surface area contributed by atoms with Crippen molar-refractivity contribution < 1.29 is 24.2 Å². The first kappa shape index (κ1) is 12.8. The normalized spacial score (nSPS) is 50.5. The van der Waals surface area contributed by atoms with E-state index in [-0.39, 0.29) is 24.5 Å². The van der Waals surface area contributed by atoms with Crippen molar-refractivity contribution in [2.45, 2.75) is 55.1 Å². The van der Waals surface area contributed by atoms with Crippen LogP contribution in [0, 0.1) is 0 Å². The molecule has 0 radical (unpaired) electrons. The Hall–Kier alpha value is -0.950. The quantitative estimate of drug-likeness (QED) is 0.545. The first-order valence-corrected chi connectivity index (χ1v) is 7.16. The molecule has 0 bridgehead atoms. The minimum absolute atomic E-state index is 0.0488. The molecule has 0 amide bonds. The highest BCUT2D eigenvalue weighted by Gasteiger charge is 2.73. The average Bonchev–Trinajstić information content (AvgIpc) is 2.84. The van der Waals surface area contributed by atoms with Gasteiger partial charge in [-0.2, -0.15) is 5.06 Å². The van der Waals surface area contributed by atoms with Gasteiger partial charge in [0.05, 0.1) is 24.7 Å². The van der Waals surface area contributed by atoms with Crippen molar-refractivity contribution in [3.8, 4) is 0 Å². The number of aliphatic hydroxyl groups is 1. The van der Waals surface area contributed by atoms with E-state index < -0.39 is 17.3 Å². The molecule has 0 spiro atoms. The minimum Gasteiger partial charge on any atom is -0.454 e. The number of rotatable bonds is 1. The average molecular weight is 281 g/mol. The molecule has 0 aromatic heterocycles. The van der Waals surface area contributed by atoms with Crippen molar-refractivity contribution in [3.63, 3.8) is 0 Å². The Morgan fingerprint density at radius 1 is 1.55 bits per heavy atom. The second-order valence-electron chi connectivity index (χ2n) is 6.19. The zero-order valence-corrected chi connectivity index (χ0v) is 11.4. The molecule has 20 heavy (non-hydrogen) atoms. The number of hydroxylamine groups is 2. The summed E-state index contributed by atoms with van der Waals surface area (Å²) in [5, 5.41) is 11.9. The van der Waals surface area contributed by atoms with Gasteiger partial charge in [-0.3, -0.25) is 9.63 Å². The summed E-state index contributed by atoms with van der Waals surface area (Å²) < 4.78 is 11.2. The van der Waals surface area contributed by atoms with E-state index in [1.54, 1.807) is 13.2 Å². The summed E-state index contributed by atoms with van der Waals surface area (Å²) >= 11 is 0. The summed E-state index contributed by atoms with van der Waals surface area (Å²) in [6, 6.07) is -0.0488. The zero-order chi connectivity index (χ0) is 14.0. The molecule has 5 atom stereocenters. The lowest BCUT2D eigenvalue weighted by Gasteiger charge is -2.42. The molecule has 0 unspecified atom stereocenters. The highest BCUT2D eigenvalue weighted by Crippen LogP contribution is 2.56. The van der Waals surface area contributed by atoms with Gasteiger partial charge in [0, 0.05) is 20.1 Å². The van der Waals surface area contributed by atoms with Crippen LogP contribution in [0.5, 0.6) is 0 Å². The number of carbonyl (C=O) groups excluding carboxylic acids is 1. The number of hydrogen-bond donors (Lipinski definition) is 1. The molecule has 6 heteroatoms. The number of fused-ring (bicyclic) bond motifs is 1. The lowest BCUT2D eigenvalue weighted by molar-refractivity contribution is -0.206. The van der Waals surface area contributed by atoms with Gasteiger partial charge in [-0.15, -0.1) is 0 Å². The van der Waals surface area contributed by atoms with Gasteiger partial charge in [0.1, 0.15) is 0 Å². The summed E-state index contributed by atoms with van der Waals surface area (Å²) in [6.07, 6.45) is 5.37. The maximum atomic E-state index is 11.9. The smallest absolute Gasteiger partial charge is 0.310 e. The molecule has 1 N–H and O–H groups in total. The number of hydrogen-bond acceptors (Lipinski definition) is 6. The first-order chi connectivity index (χ1) is 9.58. The Morgan fingerprint density at radius 3 is 3.20 bits per heavy atom. The van der Waals surface area contributed by atoms with Crippen molar-refractivity contribution >= 4 is 5.97 Å². The number of esters is 1. The lowest BCUT2D eigenvalue weighted by atomic mass is 9.69. The number of piperidine rings is 1. The van der Waals surface area contributed by atoms with E-state index in [1.807, 2.05) is 11.1 Å². The van der Waals surface area contributed by atoms with Gasteiger partial charge < -0.3 is 14.6 Å². The number of methoxy groups -OCH3 is 1. The van der Waals surface area contributed by atoms with Gasteiger partial charge in [-0.1, -0.05) is 6.08 Å². The predicted octanol–water partition coefficient (Wildman–Crippen LogP) is 0.156. The third-order valence-electron chi connectivity index (χ3n) is 5.18. The van der Waals surface area contributed by atoms with Crippen LogP contribution in [0.2, 0.25) is 0 Å². The molecule has 3 fully saturated rings. The molecule has 3 saturated heterocycles. The fourth-order valence-electron chi connectivity index (χ4n) is 4.24. The molecule has 3 aliphatic heterocycles. The first-order valence-electron chi connectivity index (χ1n) is 7.16. The van der Waals surface area contributed by atoms with E-state index in [9.17, 15) is 9.90 Å². The highest BCUT2D eigenvalue weighted by atomic mass is 16.7. The van der Waals surface area contributed by atoms with Crippen LogP contribution < -0.4 is 0 Å². The second kappa shape index (κ2) is 4.04. The van der Waals surface area contributed by atoms with Crippen LogP contribution in [0.25, 0.3) is 0 Å². The van der Waals surface area contributed by atoms with E-state index in [0.717, 1.165) is 19.4 Å². The molecule has 0 aromatic rings. The van der Waals surface area contributed by atoms with Crippen LogP contribution >= 0.6 is 0 Å². The van der Waals surface area contributed by atoms with Crippen LogP contribution in [0.3, 0.4) is 0 Å². The van der Waals surface area contributed by atoms with Gasteiger partial charge in [0.25, 0.3) is 0 Å². The molecular weight excluding hydrogens is 262 g/mol. The number of carbonyl (C=O) groups is 1. The maximum Gasteiger partial charge on any atom is 0.310 e. The number of ether oxygens (including phenoxy) is 2. The van der Waals surface area contributed by atoms with Gasteiger partial charge >= 0.3 is 5.97 Å². The van der Waals surface area contributed by atoms with Crippen LogP contribution in [0.4, 0.5) is 0 Å². The second-order valence-corrected chi connectivity index (χ2v) is 6.19. The molecule has 110 valence electrons. The minimum atomic E-state index is -0.768. The topological polar surface area (TPSA) is 68.2 Å². The zero-order valence-electron chi connectivity index (χ0n) is 11.4. The van der Waals surface area contributed by atoms with E-state index >= 15 is 0 Å². The molecule has 0 aromatic carbocycles. The molecule has 4 aliphatic rings.